The van der Waals surface area contributed by atoms with Crippen molar-refractivity contribution in [2.24, 2.45) is 0 Å². The van der Waals surface area contributed by atoms with Crippen molar-refractivity contribution in [1.29, 1.82) is 0 Å². The summed E-state index contributed by atoms with van der Waals surface area (Å²) >= 11 is 0. The van der Waals surface area contributed by atoms with E-state index in [0.717, 1.165) is 34.5 Å². The molecule has 0 aliphatic heterocycles. The minimum Gasteiger partial charge on any atom is -0.496 e. The van der Waals surface area contributed by atoms with Crippen molar-refractivity contribution in [3.05, 3.63) is 76.7 Å². The molecule has 150 valence electrons. The molecule has 0 saturated heterocycles. The lowest BCUT2D eigenvalue weighted by molar-refractivity contribution is 0.102. The van der Waals surface area contributed by atoms with Crippen molar-refractivity contribution in [3.8, 4) is 5.75 Å². The van der Waals surface area contributed by atoms with Crippen molar-refractivity contribution < 1.29 is 9.53 Å². The minimum absolute atomic E-state index is 0.254. The van der Waals surface area contributed by atoms with E-state index in [1.807, 2.05) is 57.2 Å². The normalized spacial score (nSPS) is 10.5. The maximum atomic E-state index is 12.7. The third-order valence-corrected chi connectivity index (χ3v) is 4.71. The maximum absolute atomic E-state index is 12.7. The second-order valence-corrected chi connectivity index (χ2v) is 7.00. The van der Waals surface area contributed by atoms with Gasteiger partial charge in [0.1, 0.15) is 23.6 Å². The second kappa shape index (κ2) is 9.19. The van der Waals surface area contributed by atoms with Gasteiger partial charge in [-0.25, -0.2) is 9.97 Å². The van der Waals surface area contributed by atoms with Crippen LogP contribution in [-0.4, -0.2) is 29.5 Å². The highest BCUT2D eigenvalue weighted by Gasteiger charge is 2.12. The van der Waals surface area contributed by atoms with Gasteiger partial charge < -0.3 is 15.4 Å². The molecule has 1 aromatic heterocycles. The van der Waals surface area contributed by atoms with Gasteiger partial charge in [0.05, 0.1) is 7.11 Å². The molecule has 29 heavy (non-hydrogen) atoms. The van der Waals surface area contributed by atoms with Gasteiger partial charge in [-0.05, 0) is 49.9 Å². The first-order chi connectivity index (χ1) is 14.0. The summed E-state index contributed by atoms with van der Waals surface area (Å²) in [6, 6.07) is 13.7. The SMILES string of the molecule is COc1ccccc1CCNc1cc(C(=O)Nc2c(C)cc(C)cc2C)ncn1. The van der Waals surface area contributed by atoms with Gasteiger partial charge in [0.15, 0.2) is 0 Å². The number of hydrogen-bond donors (Lipinski definition) is 2. The summed E-state index contributed by atoms with van der Waals surface area (Å²) in [5.41, 5.74) is 5.48. The Morgan fingerprint density at radius 3 is 2.48 bits per heavy atom. The first kappa shape index (κ1) is 20.3. The molecule has 3 rings (SSSR count). The third-order valence-electron chi connectivity index (χ3n) is 4.71. The van der Waals surface area contributed by atoms with Crippen LogP contribution in [-0.2, 0) is 6.42 Å². The zero-order chi connectivity index (χ0) is 20.8. The Kier molecular flexibility index (Phi) is 6.44. The van der Waals surface area contributed by atoms with Crippen molar-refractivity contribution in [2.75, 3.05) is 24.3 Å². The highest BCUT2D eigenvalue weighted by molar-refractivity contribution is 6.04. The molecule has 0 aliphatic carbocycles. The molecule has 6 heteroatoms. The average molecular weight is 390 g/mol. The Morgan fingerprint density at radius 2 is 1.76 bits per heavy atom. The summed E-state index contributed by atoms with van der Waals surface area (Å²) in [4.78, 5) is 21.0. The number of hydrogen-bond acceptors (Lipinski definition) is 5. The molecule has 0 atom stereocenters. The van der Waals surface area contributed by atoms with Crippen LogP contribution in [0.2, 0.25) is 0 Å². The number of para-hydroxylation sites is 1. The van der Waals surface area contributed by atoms with Gasteiger partial charge >= 0.3 is 0 Å². The average Bonchev–Trinajstić information content (AvgIpc) is 2.71. The summed E-state index contributed by atoms with van der Waals surface area (Å²) in [5.74, 6) is 1.22. The van der Waals surface area contributed by atoms with Crippen LogP contribution in [0.15, 0.2) is 48.8 Å². The largest absolute Gasteiger partial charge is 0.496 e. The summed E-state index contributed by atoms with van der Waals surface area (Å²) in [7, 11) is 1.67. The van der Waals surface area contributed by atoms with Crippen LogP contribution < -0.4 is 15.4 Å². The van der Waals surface area contributed by atoms with Crippen LogP contribution in [0.1, 0.15) is 32.7 Å². The number of methoxy groups -OCH3 is 1. The zero-order valence-electron chi connectivity index (χ0n) is 17.2. The van der Waals surface area contributed by atoms with E-state index in [2.05, 4.69) is 20.6 Å². The number of nitrogens with one attached hydrogen (secondary N) is 2. The molecule has 6 nitrogen and oxygen atoms in total. The van der Waals surface area contributed by atoms with E-state index in [1.165, 1.54) is 11.9 Å². The first-order valence-electron chi connectivity index (χ1n) is 9.55. The van der Waals surface area contributed by atoms with E-state index in [1.54, 1.807) is 13.2 Å². The number of rotatable bonds is 7. The molecule has 0 radical (unpaired) electrons. The number of nitrogens with zero attached hydrogens (tertiary/aromatic N) is 2. The molecule has 2 aromatic carbocycles. The van der Waals surface area contributed by atoms with Crippen molar-refractivity contribution in [3.63, 3.8) is 0 Å². The number of carbonyl (C=O) groups is 1. The molecule has 0 spiro atoms. The lowest BCUT2D eigenvalue weighted by atomic mass is 10.0. The fourth-order valence-corrected chi connectivity index (χ4v) is 3.37. The van der Waals surface area contributed by atoms with E-state index in [4.69, 9.17) is 4.74 Å². The van der Waals surface area contributed by atoms with Gasteiger partial charge in [-0.3, -0.25) is 4.79 Å². The van der Waals surface area contributed by atoms with Gasteiger partial charge in [0, 0.05) is 18.3 Å². The number of benzene rings is 2. The number of anilines is 2. The van der Waals surface area contributed by atoms with Crippen LogP contribution >= 0.6 is 0 Å². The zero-order valence-corrected chi connectivity index (χ0v) is 17.2. The predicted molar refractivity (Wildman–Crippen MR) is 116 cm³/mol. The van der Waals surface area contributed by atoms with E-state index in [0.29, 0.717) is 18.1 Å². The molecule has 1 amide bonds. The van der Waals surface area contributed by atoms with Gasteiger partial charge in [-0.1, -0.05) is 35.9 Å². The minimum atomic E-state index is -0.254. The fraction of sp³-hybridized carbons (Fsp3) is 0.261. The summed E-state index contributed by atoms with van der Waals surface area (Å²) in [6.45, 7) is 6.68. The van der Waals surface area contributed by atoms with Crippen molar-refractivity contribution in [1.82, 2.24) is 9.97 Å². The Balaban J connectivity index is 1.65. The summed E-state index contributed by atoms with van der Waals surface area (Å²) in [5, 5.41) is 6.22. The van der Waals surface area contributed by atoms with Crippen LogP contribution in [0.4, 0.5) is 11.5 Å². The maximum Gasteiger partial charge on any atom is 0.274 e. The van der Waals surface area contributed by atoms with Gasteiger partial charge in [0.2, 0.25) is 0 Å². The Morgan fingerprint density at radius 1 is 1.03 bits per heavy atom. The van der Waals surface area contributed by atoms with Crippen LogP contribution in [0.5, 0.6) is 5.75 Å². The molecule has 0 aliphatic rings. The van der Waals surface area contributed by atoms with Gasteiger partial charge in [-0.15, -0.1) is 0 Å². The lowest BCUT2D eigenvalue weighted by Crippen LogP contribution is -2.16. The molecule has 0 unspecified atom stereocenters. The number of amides is 1. The molecular weight excluding hydrogens is 364 g/mol. The summed E-state index contributed by atoms with van der Waals surface area (Å²) in [6.07, 6.45) is 2.17. The second-order valence-electron chi connectivity index (χ2n) is 7.00. The first-order valence-corrected chi connectivity index (χ1v) is 9.55. The van der Waals surface area contributed by atoms with Gasteiger partial charge in [0.25, 0.3) is 5.91 Å². The Bertz CT molecular complexity index is 994. The molecule has 2 N–H and O–H groups in total. The topological polar surface area (TPSA) is 76.1 Å². The molecule has 0 bridgehead atoms. The lowest BCUT2D eigenvalue weighted by Gasteiger charge is -2.13. The molecule has 0 saturated carbocycles. The standard InChI is InChI=1S/C23H26N4O2/c1-15-11-16(2)22(17(3)12-15)27-23(28)19-13-21(26-14-25-19)24-10-9-18-7-5-6-8-20(18)29-4/h5-8,11-14H,9-10H2,1-4H3,(H,27,28)(H,24,25,26). The van der Waals surface area contributed by atoms with Gasteiger partial charge in [-0.2, -0.15) is 0 Å². The number of ether oxygens (including phenoxy) is 1. The molecule has 0 fully saturated rings. The fourth-order valence-electron chi connectivity index (χ4n) is 3.37. The molecule has 1 heterocycles. The number of aryl methyl sites for hydroxylation is 3. The van der Waals surface area contributed by atoms with E-state index < -0.39 is 0 Å². The highest BCUT2D eigenvalue weighted by atomic mass is 16.5. The summed E-state index contributed by atoms with van der Waals surface area (Å²) < 4.78 is 5.38. The third kappa shape index (κ3) is 5.10. The van der Waals surface area contributed by atoms with E-state index in [-0.39, 0.29) is 5.91 Å². The highest BCUT2D eigenvalue weighted by Crippen LogP contribution is 2.22. The van der Waals surface area contributed by atoms with E-state index in [9.17, 15) is 4.79 Å². The monoisotopic (exact) mass is 390 g/mol. The van der Waals surface area contributed by atoms with E-state index >= 15 is 0 Å². The van der Waals surface area contributed by atoms with Crippen LogP contribution in [0.3, 0.4) is 0 Å². The number of carbonyl (C=O) groups excluding carboxylic acids is 1. The van der Waals surface area contributed by atoms with Crippen LogP contribution in [0, 0.1) is 20.8 Å². The predicted octanol–water partition coefficient (Wildman–Crippen LogP) is 4.32. The molecule has 3 aromatic rings. The van der Waals surface area contributed by atoms with Crippen molar-refractivity contribution >= 4 is 17.4 Å². The van der Waals surface area contributed by atoms with Crippen LogP contribution in [0.25, 0.3) is 0 Å². The smallest absolute Gasteiger partial charge is 0.274 e. The number of aromatic nitrogens is 2. The van der Waals surface area contributed by atoms with Crippen molar-refractivity contribution in [2.45, 2.75) is 27.2 Å². The molecular formula is C23H26N4O2. The Hall–Kier alpha value is -3.41. The Labute approximate surface area is 171 Å². The quantitative estimate of drug-likeness (QED) is 0.628.